The van der Waals surface area contributed by atoms with Gasteiger partial charge in [0.2, 0.25) is 0 Å². The fourth-order valence-electron chi connectivity index (χ4n) is 1.93. The van der Waals surface area contributed by atoms with E-state index >= 15 is 0 Å². The standard InChI is InChI=1S/C17H25N3O/c1-13(2)16(12-20(3)4)19-17(21)15-9-7-14(8-10-15)6-5-11-18/h7-10,13,16H,11-12,18H2,1-4H3,(H,19,21). The van der Waals surface area contributed by atoms with Gasteiger partial charge in [-0.1, -0.05) is 25.7 Å². The van der Waals surface area contributed by atoms with Gasteiger partial charge in [0.25, 0.3) is 5.91 Å². The normalized spacial score (nSPS) is 12.0. The lowest BCUT2D eigenvalue weighted by atomic mass is 10.0. The zero-order chi connectivity index (χ0) is 15.8. The molecule has 0 aromatic heterocycles. The molecule has 0 aliphatic carbocycles. The van der Waals surface area contributed by atoms with Crippen LogP contribution in [0.4, 0.5) is 0 Å². The molecule has 1 atom stereocenters. The first kappa shape index (κ1) is 17.2. The van der Waals surface area contributed by atoms with E-state index in [0.29, 0.717) is 18.0 Å². The fourth-order valence-corrected chi connectivity index (χ4v) is 1.93. The van der Waals surface area contributed by atoms with Crippen molar-refractivity contribution in [3.05, 3.63) is 35.4 Å². The molecular formula is C17H25N3O. The Labute approximate surface area is 127 Å². The molecule has 1 aromatic carbocycles. The van der Waals surface area contributed by atoms with Crippen molar-refractivity contribution in [3.8, 4) is 11.8 Å². The number of likely N-dealkylation sites (N-methyl/N-ethyl adjacent to an activating group) is 1. The average molecular weight is 287 g/mol. The summed E-state index contributed by atoms with van der Waals surface area (Å²) in [7, 11) is 4.01. The van der Waals surface area contributed by atoms with Gasteiger partial charge >= 0.3 is 0 Å². The minimum Gasteiger partial charge on any atom is -0.348 e. The molecule has 0 saturated carbocycles. The molecule has 1 rings (SSSR count). The van der Waals surface area contributed by atoms with E-state index in [1.165, 1.54) is 0 Å². The van der Waals surface area contributed by atoms with Crippen molar-refractivity contribution in [1.82, 2.24) is 10.2 Å². The Bertz CT molecular complexity index is 509. The van der Waals surface area contributed by atoms with Gasteiger partial charge in [-0.05, 0) is 44.3 Å². The van der Waals surface area contributed by atoms with Crippen LogP contribution in [0.15, 0.2) is 24.3 Å². The first-order valence-corrected chi connectivity index (χ1v) is 7.18. The summed E-state index contributed by atoms with van der Waals surface area (Å²) < 4.78 is 0. The fraction of sp³-hybridized carbons (Fsp3) is 0.471. The molecule has 4 heteroatoms. The van der Waals surface area contributed by atoms with E-state index in [1.807, 2.05) is 26.2 Å². The Morgan fingerprint density at radius 1 is 1.29 bits per heavy atom. The Morgan fingerprint density at radius 3 is 2.38 bits per heavy atom. The lowest BCUT2D eigenvalue weighted by Crippen LogP contribution is -2.45. The second-order valence-corrected chi connectivity index (χ2v) is 5.67. The van der Waals surface area contributed by atoms with Crippen molar-refractivity contribution in [3.63, 3.8) is 0 Å². The molecule has 114 valence electrons. The van der Waals surface area contributed by atoms with Crippen LogP contribution in [0.1, 0.15) is 29.8 Å². The van der Waals surface area contributed by atoms with Gasteiger partial charge in [-0.2, -0.15) is 0 Å². The second-order valence-electron chi connectivity index (χ2n) is 5.67. The second kappa shape index (κ2) is 8.46. The van der Waals surface area contributed by atoms with Crippen LogP contribution in [0.3, 0.4) is 0 Å². The third kappa shape index (κ3) is 5.99. The van der Waals surface area contributed by atoms with Crippen molar-refractivity contribution >= 4 is 5.91 Å². The highest BCUT2D eigenvalue weighted by atomic mass is 16.1. The molecule has 1 amide bonds. The molecule has 0 saturated heterocycles. The van der Waals surface area contributed by atoms with Crippen molar-refractivity contribution < 1.29 is 4.79 Å². The minimum absolute atomic E-state index is 0.0473. The SMILES string of the molecule is CC(C)C(CN(C)C)NC(=O)c1ccc(C#CCN)cc1. The summed E-state index contributed by atoms with van der Waals surface area (Å²) >= 11 is 0. The highest BCUT2D eigenvalue weighted by Gasteiger charge is 2.17. The molecule has 0 aliphatic heterocycles. The Kier molecular flexibility index (Phi) is 6.93. The summed E-state index contributed by atoms with van der Waals surface area (Å²) in [6, 6.07) is 7.40. The van der Waals surface area contributed by atoms with E-state index in [2.05, 4.69) is 35.9 Å². The predicted molar refractivity (Wildman–Crippen MR) is 87.0 cm³/mol. The Morgan fingerprint density at radius 2 is 1.90 bits per heavy atom. The zero-order valence-corrected chi connectivity index (χ0v) is 13.3. The van der Waals surface area contributed by atoms with Crippen molar-refractivity contribution in [2.75, 3.05) is 27.2 Å². The average Bonchev–Trinajstić information content (AvgIpc) is 2.44. The van der Waals surface area contributed by atoms with Gasteiger partial charge in [-0.3, -0.25) is 4.79 Å². The summed E-state index contributed by atoms with van der Waals surface area (Å²) in [6.45, 7) is 5.38. The van der Waals surface area contributed by atoms with Crippen LogP contribution < -0.4 is 11.1 Å². The molecule has 0 fully saturated rings. The maximum Gasteiger partial charge on any atom is 0.251 e. The topological polar surface area (TPSA) is 58.4 Å². The van der Waals surface area contributed by atoms with E-state index in [4.69, 9.17) is 5.73 Å². The smallest absolute Gasteiger partial charge is 0.251 e. The number of rotatable bonds is 5. The van der Waals surface area contributed by atoms with Gasteiger partial charge in [-0.25, -0.2) is 0 Å². The van der Waals surface area contributed by atoms with E-state index in [9.17, 15) is 4.79 Å². The Hall–Kier alpha value is -1.83. The molecule has 1 aromatic rings. The number of hydrogen-bond donors (Lipinski definition) is 2. The van der Waals surface area contributed by atoms with Crippen LogP contribution in [0, 0.1) is 17.8 Å². The highest BCUT2D eigenvalue weighted by molar-refractivity contribution is 5.94. The molecule has 0 bridgehead atoms. The third-order valence-corrected chi connectivity index (χ3v) is 3.16. The van der Waals surface area contributed by atoms with E-state index in [0.717, 1.165) is 12.1 Å². The largest absolute Gasteiger partial charge is 0.348 e. The maximum atomic E-state index is 12.3. The predicted octanol–water partition coefficient (Wildman–Crippen LogP) is 1.31. The number of carbonyl (C=O) groups is 1. The lowest BCUT2D eigenvalue weighted by Gasteiger charge is -2.25. The third-order valence-electron chi connectivity index (χ3n) is 3.16. The number of nitrogens with zero attached hydrogens (tertiary/aromatic N) is 1. The zero-order valence-electron chi connectivity index (χ0n) is 13.3. The van der Waals surface area contributed by atoms with Crippen molar-refractivity contribution in [2.24, 2.45) is 11.7 Å². The quantitative estimate of drug-likeness (QED) is 0.803. The maximum absolute atomic E-state index is 12.3. The number of nitrogens with one attached hydrogen (secondary N) is 1. The van der Waals surface area contributed by atoms with Gasteiger partial charge in [0, 0.05) is 23.7 Å². The van der Waals surface area contributed by atoms with E-state index in [-0.39, 0.29) is 11.9 Å². The van der Waals surface area contributed by atoms with E-state index in [1.54, 1.807) is 12.1 Å². The van der Waals surface area contributed by atoms with Crippen LogP contribution in [0.25, 0.3) is 0 Å². The molecule has 4 nitrogen and oxygen atoms in total. The Balaban J connectivity index is 2.73. The van der Waals surface area contributed by atoms with Crippen LogP contribution >= 0.6 is 0 Å². The van der Waals surface area contributed by atoms with Gasteiger partial charge < -0.3 is 16.0 Å². The van der Waals surface area contributed by atoms with Crippen molar-refractivity contribution in [1.29, 1.82) is 0 Å². The van der Waals surface area contributed by atoms with E-state index < -0.39 is 0 Å². The lowest BCUT2D eigenvalue weighted by molar-refractivity contribution is 0.0916. The summed E-state index contributed by atoms with van der Waals surface area (Å²) in [5, 5.41) is 3.09. The monoisotopic (exact) mass is 287 g/mol. The van der Waals surface area contributed by atoms with Crippen LogP contribution in [-0.2, 0) is 0 Å². The van der Waals surface area contributed by atoms with Gasteiger partial charge in [0.15, 0.2) is 0 Å². The summed E-state index contributed by atoms with van der Waals surface area (Å²) in [6.07, 6.45) is 0. The van der Waals surface area contributed by atoms with Crippen LogP contribution in [0.2, 0.25) is 0 Å². The summed E-state index contributed by atoms with van der Waals surface area (Å²) in [5.74, 6) is 6.07. The molecular weight excluding hydrogens is 262 g/mol. The first-order valence-electron chi connectivity index (χ1n) is 7.18. The highest BCUT2D eigenvalue weighted by Crippen LogP contribution is 2.07. The molecule has 0 radical (unpaired) electrons. The summed E-state index contributed by atoms with van der Waals surface area (Å²) in [5.41, 5.74) is 6.85. The molecule has 3 N–H and O–H groups in total. The minimum atomic E-state index is -0.0473. The molecule has 1 unspecified atom stereocenters. The van der Waals surface area contributed by atoms with Gasteiger partial charge in [0.1, 0.15) is 0 Å². The van der Waals surface area contributed by atoms with Crippen LogP contribution in [-0.4, -0.2) is 44.0 Å². The van der Waals surface area contributed by atoms with Gasteiger partial charge in [-0.15, -0.1) is 0 Å². The number of hydrogen-bond acceptors (Lipinski definition) is 3. The van der Waals surface area contributed by atoms with Crippen molar-refractivity contribution in [2.45, 2.75) is 19.9 Å². The molecule has 0 heterocycles. The molecule has 0 aliphatic rings. The molecule has 21 heavy (non-hydrogen) atoms. The summed E-state index contributed by atoms with van der Waals surface area (Å²) in [4.78, 5) is 14.4. The molecule has 0 spiro atoms. The van der Waals surface area contributed by atoms with Crippen LogP contribution in [0.5, 0.6) is 0 Å². The number of benzene rings is 1. The van der Waals surface area contributed by atoms with Gasteiger partial charge in [0.05, 0.1) is 6.54 Å². The number of amides is 1. The number of carbonyl (C=O) groups excluding carboxylic acids is 1. The number of nitrogens with two attached hydrogens (primary N) is 1. The first-order chi connectivity index (χ1) is 9.93.